The molecule has 0 heterocycles. The lowest BCUT2D eigenvalue weighted by Gasteiger charge is -2.09. The number of rotatable bonds is 2. The van der Waals surface area contributed by atoms with Gasteiger partial charge in [0.25, 0.3) is 0 Å². The van der Waals surface area contributed by atoms with E-state index in [1.165, 1.54) is 24.0 Å². The summed E-state index contributed by atoms with van der Waals surface area (Å²) >= 11 is 0. The quantitative estimate of drug-likeness (QED) is 0.433. The molecule has 14 heavy (non-hydrogen) atoms. The largest absolute Gasteiger partial charge is 0.411 e. The van der Waals surface area contributed by atoms with Crippen LogP contribution in [-0.4, -0.2) is 10.9 Å². The summed E-state index contributed by atoms with van der Waals surface area (Å²) in [5.41, 5.74) is 4.46. The summed E-state index contributed by atoms with van der Waals surface area (Å²) in [6.07, 6.45) is 2.61. The maximum Gasteiger partial charge on any atom is 0.0839 e. The van der Waals surface area contributed by atoms with Gasteiger partial charge in [0.15, 0.2) is 0 Å². The Morgan fingerprint density at radius 1 is 1.43 bits per heavy atom. The van der Waals surface area contributed by atoms with E-state index in [1.54, 1.807) is 0 Å². The van der Waals surface area contributed by atoms with Crippen LogP contribution in [0, 0.1) is 6.92 Å². The van der Waals surface area contributed by atoms with E-state index in [2.05, 4.69) is 18.1 Å². The molecule has 1 fully saturated rings. The molecule has 2 rings (SSSR count). The zero-order valence-corrected chi connectivity index (χ0v) is 8.62. The first kappa shape index (κ1) is 9.25. The normalized spacial score (nSPS) is 17.1. The number of benzene rings is 1. The highest BCUT2D eigenvalue weighted by Crippen LogP contribution is 2.42. The molecule has 0 saturated heterocycles. The van der Waals surface area contributed by atoms with E-state index >= 15 is 0 Å². The second-order valence-electron chi connectivity index (χ2n) is 3.98. The zero-order chi connectivity index (χ0) is 10.1. The van der Waals surface area contributed by atoms with Gasteiger partial charge < -0.3 is 5.21 Å². The molecular formula is C12H15NO. The van der Waals surface area contributed by atoms with Gasteiger partial charge in [-0.15, -0.1) is 0 Å². The first-order valence-electron chi connectivity index (χ1n) is 5.02. The molecule has 0 radical (unpaired) electrons. The Kier molecular flexibility index (Phi) is 2.28. The van der Waals surface area contributed by atoms with Gasteiger partial charge in [-0.1, -0.05) is 23.4 Å². The molecule has 1 aromatic rings. The third-order valence-electron chi connectivity index (χ3n) is 2.93. The number of nitrogens with zero attached hydrogens (tertiary/aromatic N) is 1. The average molecular weight is 189 g/mol. The number of hydrogen-bond acceptors (Lipinski definition) is 2. The van der Waals surface area contributed by atoms with E-state index in [0.717, 1.165) is 11.5 Å². The number of oxime groups is 1. The Hall–Kier alpha value is -1.31. The van der Waals surface area contributed by atoms with E-state index < -0.39 is 0 Å². The lowest BCUT2D eigenvalue weighted by molar-refractivity contribution is 0.319. The van der Waals surface area contributed by atoms with Crippen LogP contribution in [0.25, 0.3) is 0 Å². The molecule has 74 valence electrons. The molecule has 0 amide bonds. The van der Waals surface area contributed by atoms with E-state index in [0.29, 0.717) is 5.71 Å². The maximum absolute atomic E-state index is 8.75. The first-order chi connectivity index (χ1) is 6.74. The summed E-state index contributed by atoms with van der Waals surface area (Å²) in [6, 6.07) is 6.24. The minimum atomic E-state index is 0.699. The van der Waals surface area contributed by atoms with Gasteiger partial charge in [0.1, 0.15) is 0 Å². The van der Waals surface area contributed by atoms with Crippen LogP contribution in [0.1, 0.15) is 42.4 Å². The Labute approximate surface area is 84.3 Å². The molecule has 0 unspecified atom stereocenters. The molecule has 0 atom stereocenters. The highest BCUT2D eigenvalue weighted by Gasteiger charge is 2.25. The van der Waals surface area contributed by atoms with Crippen LogP contribution in [0.15, 0.2) is 23.4 Å². The van der Waals surface area contributed by atoms with E-state index in [9.17, 15) is 0 Å². The lowest BCUT2D eigenvalue weighted by Crippen LogP contribution is -2.00. The topological polar surface area (TPSA) is 32.6 Å². The van der Waals surface area contributed by atoms with E-state index in [1.807, 2.05) is 19.1 Å². The van der Waals surface area contributed by atoms with Crippen LogP contribution in [0.5, 0.6) is 0 Å². The fourth-order valence-electron chi connectivity index (χ4n) is 1.94. The Morgan fingerprint density at radius 2 is 2.14 bits per heavy atom. The van der Waals surface area contributed by atoms with Crippen molar-refractivity contribution in [2.24, 2.45) is 5.16 Å². The second kappa shape index (κ2) is 3.45. The second-order valence-corrected chi connectivity index (χ2v) is 3.98. The summed E-state index contributed by atoms with van der Waals surface area (Å²) in [6.45, 7) is 3.94. The monoisotopic (exact) mass is 189 g/mol. The van der Waals surface area contributed by atoms with Crippen molar-refractivity contribution in [2.75, 3.05) is 0 Å². The molecule has 2 heteroatoms. The molecule has 0 aliphatic heterocycles. The Bertz CT molecular complexity index is 378. The highest BCUT2D eigenvalue weighted by atomic mass is 16.4. The molecular weight excluding hydrogens is 174 g/mol. The summed E-state index contributed by atoms with van der Waals surface area (Å²) in [5.74, 6) is 0.751. The predicted octanol–water partition coefficient (Wildman–Crippen LogP) is 3.07. The van der Waals surface area contributed by atoms with Gasteiger partial charge >= 0.3 is 0 Å². The van der Waals surface area contributed by atoms with Gasteiger partial charge in [-0.3, -0.25) is 0 Å². The van der Waals surface area contributed by atoms with E-state index in [4.69, 9.17) is 5.21 Å². The molecule has 2 nitrogen and oxygen atoms in total. The molecule has 1 N–H and O–H groups in total. The standard InChI is InChI=1S/C12H15NO/c1-8-11(9(2)13-14)4-3-5-12(8)10-6-7-10/h3-5,10,14H,6-7H2,1-2H3/b13-9+. The van der Waals surface area contributed by atoms with Crippen LogP contribution in [-0.2, 0) is 0 Å². The van der Waals surface area contributed by atoms with Gasteiger partial charge in [-0.25, -0.2) is 0 Å². The SMILES string of the molecule is C/C(=N\O)c1cccc(C2CC2)c1C. The minimum Gasteiger partial charge on any atom is -0.411 e. The highest BCUT2D eigenvalue weighted by molar-refractivity contribution is 5.99. The van der Waals surface area contributed by atoms with E-state index in [-0.39, 0.29) is 0 Å². The molecule has 0 aromatic heterocycles. The first-order valence-corrected chi connectivity index (χ1v) is 5.02. The predicted molar refractivity (Wildman–Crippen MR) is 57.2 cm³/mol. The summed E-state index contributed by atoms with van der Waals surface area (Å²) in [5, 5.41) is 12.0. The zero-order valence-electron chi connectivity index (χ0n) is 8.62. The van der Waals surface area contributed by atoms with Crippen LogP contribution < -0.4 is 0 Å². The summed E-state index contributed by atoms with van der Waals surface area (Å²) in [4.78, 5) is 0. The fourth-order valence-corrected chi connectivity index (χ4v) is 1.94. The van der Waals surface area contributed by atoms with Crippen molar-refractivity contribution in [3.8, 4) is 0 Å². The molecule has 0 spiro atoms. The van der Waals surface area contributed by atoms with Crippen LogP contribution in [0.3, 0.4) is 0 Å². The minimum absolute atomic E-state index is 0.699. The van der Waals surface area contributed by atoms with Crippen molar-refractivity contribution in [3.63, 3.8) is 0 Å². The van der Waals surface area contributed by atoms with Crippen molar-refractivity contribution in [2.45, 2.75) is 32.6 Å². The van der Waals surface area contributed by atoms with Crippen molar-refractivity contribution in [1.82, 2.24) is 0 Å². The van der Waals surface area contributed by atoms with Crippen molar-refractivity contribution < 1.29 is 5.21 Å². The smallest absolute Gasteiger partial charge is 0.0839 e. The van der Waals surface area contributed by atoms with Gasteiger partial charge in [0.2, 0.25) is 0 Å². The molecule has 0 bridgehead atoms. The van der Waals surface area contributed by atoms with Crippen molar-refractivity contribution in [3.05, 3.63) is 34.9 Å². The Balaban J connectivity index is 2.46. The third kappa shape index (κ3) is 1.52. The lowest BCUT2D eigenvalue weighted by atomic mass is 9.97. The summed E-state index contributed by atoms with van der Waals surface area (Å²) < 4.78 is 0. The average Bonchev–Trinajstić information content (AvgIpc) is 3.01. The molecule has 1 aliphatic rings. The van der Waals surface area contributed by atoms with Crippen LogP contribution in [0.2, 0.25) is 0 Å². The van der Waals surface area contributed by atoms with Crippen molar-refractivity contribution in [1.29, 1.82) is 0 Å². The molecule has 1 aromatic carbocycles. The fraction of sp³-hybridized carbons (Fsp3) is 0.417. The molecule has 1 aliphatic carbocycles. The number of hydrogen-bond donors (Lipinski definition) is 1. The third-order valence-corrected chi connectivity index (χ3v) is 2.93. The van der Waals surface area contributed by atoms with Gasteiger partial charge in [-0.2, -0.15) is 0 Å². The van der Waals surface area contributed by atoms with Gasteiger partial charge in [0.05, 0.1) is 5.71 Å². The molecule has 1 saturated carbocycles. The van der Waals surface area contributed by atoms with Gasteiger partial charge in [-0.05, 0) is 43.7 Å². The van der Waals surface area contributed by atoms with Crippen molar-refractivity contribution >= 4 is 5.71 Å². The van der Waals surface area contributed by atoms with Gasteiger partial charge in [0, 0.05) is 5.56 Å². The summed E-state index contributed by atoms with van der Waals surface area (Å²) in [7, 11) is 0. The maximum atomic E-state index is 8.75. The van der Waals surface area contributed by atoms with Crippen LogP contribution in [0.4, 0.5) is 0 Å². The van der Waals surface area contributed by atoms with Crippen LogP contribution >= 0.6 is 0 Å². The Morgan fingerprint density at radius 3 is 2.71 bits per heavy atom.